The summed E-state index contributed by atoms with van der Waals surface area (Å²) < 4.78 is 0. The molecule has 0 bridgehead atoms. The van der Waals surface area contributed by atoms with Crippen molar-refractivity contribution in [3.8, 4) is 6.07 Å². The summed E-state index contributed by atoms with van der Waals surface area (Å²) in [4.78, 5) is 0. The van der Waals surface area contributed by atoms with Crippen molar-refractivity contribution in [3.63, 3.8) is 0 Å². The topological polar surface area (TPSA) is 35.8 Å². The molecule has 0 atom stereocenters. The Bertz CT molecular complexity index is 342. The molecule has 0 aliphatic carbocycles. The molecule has 14 heavy (non-hydrogen) atoms. The van der Waals surface area contributed by atoms with Gasteiger partial charge >= 0.3 is 0 Å². The quantitative estimate of drug-likeness (QED) is 0.773. The van der Waals surface area contributed by atoms with Crippen LogP contribution in [0, 0.1) is 11.3 Å². The van der Waals surface area contributed by atoms with Crippen molar-refractivity contribution in [1.29, 1.82) is 5.26 Å². The number of nitrogens with zero attached hydrogens (tertiary/aromatic N) is 1. The van der Waals surface area contributed by atoms with Crippen LogP contribution in [0.15, 0.2) is 18.2 Å². The van der Waals surface area contributed by atoms with Gasteiger partial charge in [-0.3, -0.25) is 0 Å². The molecule has 0 aliphatic rings. The highest BCUT2D eigenvalue weighted by Crippen LogP contribution is 2.16. The summed E-state index contributed by atoms with van der Waals surface area (Å²) in [5, 5.41) is 12.5. The lowest BCUT2D eigenvalue weighted by molar-refractivity contribution is 0.675. The van der Waals surface area contributed by atoms with E-state index in [1.54, 1.807) is 6.07 Å². The first kappa shape index (κ1) is 11.0. The van der Waals surface area contributed by atoms with Crippen molar-refractivity contribution in [1.82, 2.24) is 5.32 Å². The van der Waals surface area contributed by atoms with E-state index in [0.717, 1.165) is 25.1 Å². The van der Waals surface area contributed by atoms with Gasteiger partial charge in [0.05, 0.1) is 10.6 Å². The van der Waals surface area contributed by atoms with Gasteiger partial charge in [-0.05, 0) is 30.7 Å². The molecule has 1 N–H and O–H groups in total. The van der Waals surface area contributed by atoms with Crippen LogP contribution in [0.1, 0.15) is 24.5 Å². The summed E-state index contributed by atoms with van der Waals surface area (Å²) >= 11 is 5.89. The maximum absolute atomic E-state index is 8.67. The molecule has 0 amide bonds. The van der Waals surface area contributed by atoms with E-state index in [-0.39, 0.29) is 0 Å². The van der Waals surface area contributed by atoms with Crippen LogP contribution >= 0.6 is 11.6 Å². The van der Waals surface area contributed by atoms with Gasteiger partial charge in [-0.25, -0.2) is 0 Å². The lowest BCUT2D eigenvalue weighted by atomic mass is 10.1. The lowest BCUT2D eigenvalue weighted by Gasteiger charge is -2.04. The number of halogens is 1. The van der Waals surface area contributed by atoms with Crippen LogP contribution in [0.2, 0.25) is 5.02 Å². The number of rotatable bonds is 4. The molecule has 0 radical (unpaired) electrons. The molecule has 0 fully saturated rings. The smallest absolute Gasteiger partial charge is 0.101 e. The fourth-order valence-electron chi connectivity index (χ4n) is 1.17. The van der Waals surface area contributed by atoms with Crippen LogP contribution in [0.5, 0.6) is 0 Å². The van der Waals surface area contributed by atoms with Crippen molar-refractivity contribution in [2.75, 3.05) is 6.54 Å². The average Bonchev–Trinajstić information content (AvgIpc) is 2.18. The van der Waals surface area contributed by atoms with Gasteiger partial charge in [-0.2, -0.15) is 5.26 Å². The molecule has 0 saturated heterocycles. The average molecular weight is 209 g/mol. The Morgan fingerprint density at radius 1 is 1.50 bits per heavy atom. The molecule has 0 unspecified atom stereocenters. The second-order valence-electron chi connectivity index (χ2n) is 3.10. The van der Waals surface area contributed by atoms with Gasteiger partial charge in [0.2, 0.25) is 0 Å². The molecule has 0 aromatic heterocycles. The van der Waals surface area contributed by atoms with E-state index in [4.69, 9.17) is 16.9 Å². The summed E-state index contributed by atoms with van der Waals surface area (Å²) in [6, 6.07) is 7.55. The van der Waals surface area contributed by atoms with Gasteiger partial charge in [0.1, 0.15) is 6.07 Å². The zero-order chi connectivity index (χ0) is 10.4. The fourth-order valence-corrected chi connectivity index (χ4v) is 1.41. The maximum Gasteiger partial charge on any atom is 0.101 e. The molecule has 0 heterocycles. The van der Waals surface area contributed by atoms with E-state index in [1.807, 2.05) is 18.2 Å². The molecule has 1 aromatic carbocycles. The Labute approximate surface area is 89.5 Å². The third-order valence-corrected chi connectivity index (χ3v) is 2.22. The zero-order valence-corrected chi connectivity index (χ0v) is 8.93. The predicted molar refractivity (Wildman–Crippen MR) is 58.2 cm³/mol. The second-order valence-corrected chi connectivity index (χ2v) is 3.51. The van der Waals surface area contributed by atoms with Gasteiger partial charge in [-0.1, -0.05) is 24.6 Å². The van der Waals surface area contributed by atoms with Crippen LogP contribution in [0.3, 0.4) is 0 Å². The van der Waals surface area contributed by atoms with Gasteiger partial charge in [-0.15, -0.1) is 0 Å². The first-order valence-corrected chi connectivity index (χ1v) is 5.05. The predicted octanol–water partition coefficient (Wildman–Crippen LogP) is 2.71. The fraction of sp³-hybridized carbons (Fsp3) is 0.364. The third kappa shape index (κ3) is 3.02. The highest BCUT2D eigenvalue weighted by Gasteiger charge is 2.00. The van der Waals surface area contributed by atoms with E-state index in [9.17, 15) is 0 Å². The SMILES string of the molecule is CCCNCc1ccc(C#N)c(Cl)c1. The van der Waals surface area contributed by atoms with Gasteiger partial charge in [0, 0.05) is 6.54 Å². The van der Waals surface area contributed by atoms with E-state index < -0.39 is 0 Å². The minimum atomic E-state index is 0.531. The second kappa shape index (κ2) is 5.64. The molecule has 0 saturated carbocycles. The van der Waals surface area contributed by atoms with Crippen molar-refractivity contribution < 1.29 is 0 Å². The molecular weight excluding hydrogens is 196 g/mol. The summed E-state index contributed by atoms with van der Waals surface area (Å²) in [6.45, 7) is 3.93. The molecule has 3 heteroatoms. The van der Waals surface area contributed by atoms with Crippen molar-refractivity contribution >= 4 is 11.6 Å². The number of nitriles is 1. The zero-order valence-electron chi connectivity index (χ0n) is 8.18. The lowest BCUT2D eigenvalue weighted by Crippen LogP contribution is -2.13. The highest BCUT2D eigenvalue weighted by molar-refractivity contribution is 6.31. The Morgan fingerprint density at radius 3 is 2.86 bits per heavy atom. The van der Waals surface area contributed by atoms with Gasteiger partial charge in [0.15, 0.2) is 0 Å². The summed E-state index contributed by atoms with van der Waals surface area (Å²) in [5.74, 6) is 0. The maximum atomic E-state index is 8.67. The van der Waals surface area contributed by atoms with Crippen LogP contribution in [0.4, 0.5) is 0 Å². The van der Waals surface area contributed by atoms with Crippen LogP contribution < -0.4 is 5.32 Å². The molecule has 74 valence electrons. The van der Waals surface area contributed by atoms with E-state index in [1.165, 1.54) is 0 Å². The summed E-state index contributed by atoms with van der Waals surface area (Å²) in [7, 11) is 0. The van der Waals surface area contributed by atoms with Crippen molar-refractivity contribution in [2.24, 2.45) is 0 Å². The Balaban J connectivity index is 2.63. The highest BCUT2D eigenvalue weighted by atomic mass is 35.5. The van der Waals surface area contributed by atoms with Crippen LogP contribution in [-0.4, -0.2) is 6.54 Å². The summed E-state index contributed by atoms with van der Waals surface area (Å²) in [6.07, 6.45) is 1.12. The van der Waals surface area contributed by atoms with Crippen molar-refractivity contribution in [2.45, 2.75) is 19.9 Å². The number of hydrogen-bond acceptors (Lipinski definition) is 2. The molecule has 0 aliphatic heterocycles. The summed E-state index contributed by atoms with van der Waals surface area (Å²) in [5.41, 5.74) is 1.65. The van der Waals surface area contributed by atoms with Crippen LogP contribution in [-0.2, 0) is 6.54 Å². The minimum Gasteiger partial charge on any atom is -0.313 e. The van der Waals surface area contributed by atoms with E-state index >= 15 is 0 Å². The number of benzene rings is 1. The normalized spacial score (nSPS) is 9.79. The molecule has 0 spiro atoms. The number of nitrogens with one attached hydrogen (secondary N) is 1. The molecular formula is C11H13ClN2. The third-order valence-electron chi connectivity index (χ3n) is 1.91. The Kier molecular flexibility index (Phi) is 4.45. The Morgan fingerprint density at radius 2 is 2.29 bits per heavy atom. The Hall–Kier alpha value is -1.04. The first-order chi connectivity index (χ1) is 6.77. The molecule has 2 nitrogen and oxygen atoms in total. The standard InChI is InChI=1S/C11H13ClN2/c1-2-5-14-8-9-3-4-10(7-13)11(12)6-9/h3-4,6,14H,2,5,8H2,1H3. The molecule has 1 rings (SSSR count). The monoisotopic (exact) mass is 208 g/mol. The van der Waals surface area contributed by atoms with Crippen molar-refractivity contribution in [3.05, 3.63) is 34.3 Å². The first-order valence-electron chi connectivity index (χ1n) is 4.67. The van der Waals surface area contributed by atoms with Crippen LogP contribution in [0.25, 0.3) is 0 Å². The van der Waals surface area contributed by atoms with Gasteiger partial charge < -0.3 is 5.32 Å². The van der Waals surface area contributed by atoms with E-state index in [2.05, 4.69) is 12.2 Å². The largest absolute Gasteiger partial charge is 0.313 e. The van der Waals surface area contributed by atoms with Gasteiger partial charge in [0.25, 0.3) is 0 Å². The minimum absolute atomic E-state index is 0.531. The molecule has 1 aromatic rings. The van der Waals surface area contributed by atoms with E-state index in [0.29, 0.717) is 10.6 Å². The number of hydrogen-bond donors (Lipinski definition) is 1.